The Morgan fingerprint density at radius 1 is 1.36 bits per heavy atom. The Kier molecular flexibility index (Phi) is 5.51. The van der Waals surface area contributed by atoms with Gasteiger partial charge in [-0.05, 0) is 31.3 Å². The first kappa shape index (κ1) is 10.9. The number of rotatable bonds is 6. The molecule has 0 saturated heterocycles. The molecule has 0 unspecified atom stereocenters. The van der Waals surface area contributed by atoms with Crippen molar-refractivity contribution < 1.29 is 0 Å². The maximum atomic E-state index is 5.37. The van der Waals surface area contributed by atoms with Crippen molar-refractivity contribution in [3.63, 3.8) is 0 Å². The number of hydrogen-bond donors (Lipinski definition) is 2. The minimum Gasteiger partial charge on any atom is -0.330 e. The summed E-state index contributed by atoms with van der Waals surface area (Å²) >= 11 is 0. The minimum atomic E-state index is 0.439. The fourth-order valence-electron chi connectivity index (χ4n) is 0.779. The number of nitrogens with two attached hydrogens (primary N) is 1. The van der Waals surface area contributed by atoms with Gasteiger partial charge in [0.15, 0.2) is 0 Å². The lowest BCUT2D eigenvalue weighted by Crippen LogP contribution is -2.30. The molecule has 0 spiro atoms. The topological polar surface area (TPSA) is 38.0 Å². The van der Waals surface area contributed by atoms with Crippen LogP contribution < -0.4 is 11.1 Å². The Balaban J connectivity index is 3.23. The molecule has 0 aliphatic heterocycles. The molecule has 3 N–H and O–H groups in total. The van der Waals surface area contributed by atoms with E-state index in [1.54, 1.807) is 0 Å². The zero-order valence-corrected chi connectivity index (χ0v) is 8.11. The van der Waals surface area contributed by atoms with Crippen LogP contribution in [0.15, 0.2) is 0 Å². The van der Waals surface area contributed by atoms with Crippen molar-refractivity contribution in [2.24, 2.45) is 11.1 Å². The highest BCUT2D eigenvalue weighted by Gasteiger charge is 2.13. The first-order valence-corrected chi connectivity index (χ1v) is 4.53. The monoisotopic (exact) mass is 158 g/mol. The van der Waals surface area contributed by atoms with E-state index in [0.29, 0.717) is 5.41 Å². The quantitative estimate of drug-likeness (QED) is 0.573. The molecule has 0 heterocycles. The molecule has 0 fully saturated rings. The zero-order chi connectivity index (χ0) is 8.74. The second-order valence-corrected chi connectivity index (χ2v) is 3.84. The molecule has 0 rings (SSSR count). The lowest BCUT2D eigenvalue weighted by molar-refractivity contribution is 0.328. The number of hydrogen-bond acceptors (Lipinski definition) is 2. The van der Waals surface area contributed by atoms with Gasteiger partial charge in [0.1, 0.15) is 0 Å². The third-order valence-corrected chi connectivity index (χ3v) is 2.12. The Bertz CT molecular complexity index is 89.6. The van der Waals surface area contributed by atoms with Crippen LogP contribution in [0.1, 0.15) is 33.6 Å². The van der Waals surface area contributed by atoms with Crippen molar-refractivity contribution in [2.45, 2.75) is 33.6 Å². The van der Waals surface area contributed by atoms with Crippen LogP contribution in [-0.4, -0.2) is 19.6 Å². The average molecular weight is 158 g/mol. The Labute approximate surface area is 70.5 Å². The van der Waals surface area contributed by atoms with E-state index in [9.17, 15) is 0 Å². The maximum Gasteiger partial charge on any atom is 0.000242 e. The predicted molar refractivity (Wildman–Crippen MR) is 50.6 cm³/mol. The summed E-state index contributed by atoms with van der Waals surface area (Å²) in [5.41, 5.74) is 5.81. The van der Waals surface area contributed by atoms with Crippen LogP contribution in [0, 0.1) is 5.41 Å². The fourth-order valence-corrected chi connectivity index (χ4v) is 0.779. The molecule has 2 nitrogen and oxygen atoms in total. The molecule has 68 valence electrons. The molecule has 0 atom stereocenters. The van der Waals surface area contributed by atoms with Gasteiger partial charge in [-0.2, -0.15) is 0 Å². The van der Waals surface area contributed by atoms with Crippen LogP contribution >= 0.6 is 0 Å². The average Bonchev–Trinajstić information content (AvgIpc) is 1.99. The molecule has 0 aromatic carbocycles. The summed E-state index contributed by atoms with van der Waals surface area (Å²) in [6.07, 6.45) is 2.31. The van der Waals surface area contributed by atoms with Crippen LogP contribution in [-0.2, 0) is 0 Å². The molecule has 0 radical (unpaired) electrons. The molecule has 0 aromatic heterocycles. The molecule has 0 amide bonds. The van der Waals surface area contributed by atoms with Crippen molar-refractivity contribution >= 4 is 0 Å². The van der Waals surface area contributed by atoms with Gasteiger partial charge >= 0.3 is 0 Å². The van der Waals surface area contributed by atoms with Gasteiger partial charge in [-0.25, -0.2) is 0 Å². The normalized spacial score (nSPS) is 12.0. The summed E-state index contributed by atoms with van der Waals surface area (Å²) in [7, 11) is 0. The summed E-state index contributed by atoms with van der Waals surface area (Å²) < 4.78 is 0. The molecule has 0 saturated carbocycles. The first-order valence-electron chi connectivity index (χ1n) is 4.53. The third kappa shape index (κ3) is 6.32. The molecule has 0 aliphatic rings. The van der Waals surface area contributed by atoms with Crippen LogP contribution in [0.25, 0.3) is 0 Å². The maximum absolute atomic E-state index is 5.37. The van der Waals surface area contributed by atoms with Crippen molar-refractivity contribution in [3.8, 4) is 0 Å². The van der Waals surface area contributed by atoms with Gasteiger partial charge in [0.05, 0.1) is 0 Å². The van der Waals surface area contributed by atoms with Crippen molar-refractivity contribution in [1.29, 1.82) is 0 Å². The first-order chi connectivity index (χ1) is 5.12. The van der Waals surface area contributed by atoms with Crippen LogP contribution in [0.3, 0.4) is 0 Å². The van der Waals surface area contributed by atoms with Gasteiger partial charge < -0.3 is 11.1 Å². The second kappa shape index (κ2) is 5.56. The zero-order valence-electron chi connectivity index (χ0n) is 8.11. The second-order valence-electron chi connectivity index (χ2n) is 3.84. The molecular weight excluding hydrogens is 136 g/mol. The number of nitrogens with one attached hydrogen (secondary N) is 1. The summed E-state index contributed by atoms with van der Waals surface area (Å²) in [5.74, 6) is 0. The van der Waals surface area contributed by atoms with Crippen LogP contribution in [0.4, 0.5) is 0 Å². The smallest absolute Gasteiger partial charge is 0.000242 e. The van der Waals surface area contributed by atoms with E-state index in [1.807, 2.05) is 0 Å². The predicted octanol–water partition coefficient (Wildman–Crippen LogP) is 1.36. The summed E-state index contributed by atoms with van der Waals surface area (Å²) in [6, 6.07) is 0. The lowest BCUT2D eigenvalue weighted by Gasteiger charge is -2.22. The van der Waals surface area contributed by atoms with E-state index in [4.69, 9.17) is 5.73 Å². The van der Waals surface area contributed by atoms with Crippen molar-refractivity contribution in [2.75, 3.05) is 19.6 Å². The SMILES string of the molecule is CCC(C)(C)CNCCCN. The third-order valence-electron chi connectivity index (χ3n) is 2.12. The Hall–Kier alpha value is -0.0800. The Morgan fingerprint density at radius 2 is 2.00 bits per heavy atom. The van der Waals surface area contributed by atoms with Crippen LogP contribution in [0.2, 0.25) is 0 Å². The summed E-state index contributed by atoms with van der Waals surface area (Å²) in [4.78, 5) is 0. The standard InChI is InChI=1S/C9H22N2/c1-4-9(2,3)8-11-7-5-6-10/h11H,4-8,10H2,1-3H3. The highest BCUT2D eigenvalue weighted by molar-refractivity contribution is 4.68. The lowest BCUT2D eigenvalue weighted by atomic mass is 9.90. The summed E-state index contributed by atoms with van der Waals surface area (Å²) in [6.45, 7) is 9.73. The minimum absolute atomic E-state index is 0.439. The van der Waals surface area contributed by atoms with E-state index in [2.05, 4.69) is 26.1 Å². The van der Waals surface area contributed by atoms with Gasteiger partial charge in [0, 0.05) is 6.54 Å². The van der Waals surface area contributed by atoms with Gasteiger partial charge in [-0.15, -0.1) is 0 Å². The largest absolute Gasteiger partial charge is 0.330 e. The summed E-state index contributed by atoms with van der Waals surface area (Å²) in [5, 5.41) is 3.40. The van der Waals surface area contributed by atoms with E-state index in [0.717, 1.165) is 26.1 Å². The molecule has 0 bridgehead atoms. The molecule has 0 aliphatic carbocycles. The van der Waals surface area contributed by atoms with Crippen molar-refractivity contribution in [1.82, 2.24) is 5.32 Å². The molecule has 0 aromatic rings. The van der Waals surface area contributed by atoms with E-state index < -0.39 is 0 Å². The van der Waals surface area contributed by atoms with E-state index in [1.165, 1.54) is 6.42 Å². The molecular formula is C9H22N2. The van der Waals surface area contributed by atoms with Gasteiger partial charge in [0.2, 0.25) is 0 Å². The van der Waals surface area contributed by atoms with Crippen molar-refractivity contribution in [3.05, 3.63) is 0 Å². The van der Waals surface area contributed by atoms with Gasteiger partial charge in [-0.3, -0.25) is 0 Å². The van der Waals surface area contributed by atoms with E-state index >= 15 is 0 Å². The van der Waals surface area contributed by atoms with Crippen LogP contribution in [0.5, 0.6) is 0 Å². The Morgan fingerprint density at radius 3 is 2.45 bits per heavy atom. The molecule has 2 heteroatoms. The van der Waals surface area contributed by atoms with Gasteiger partial charge in [0.25, 0.3) is 0 Å². The molecule has 11 heavy (non-hydrogen) atoms. The highest BCUT2D eigenvalue weighted by atomic mass is 14.9. The van der Waals surface area contributed by atoms with E-state index in [-0.39, 0.29) is 0 Å². The highest BCUT2D eigenvalue weighted by Crippen LogP contribution is 2.17. The van der Waals surface area contributed by atoms with Gasteiger partial charge in [-0.1, -0.05) is 20.8 Å². The fraction of sp³-hybridized carbons (Fsp3) is 1.00.